The zero-order valence-corrected chi connectivity index (χ0v) is 13.0. The molecule has 0 spiro atoms. The Bertz CT molecular complexity index is 735. The molecule has 2 rings (SSSR count). The van der Waals surface area contributed by atoms with Crippen molar-refractivity contribution in [2.24, 2.45) is 0 Å². The lowest BCUT2D eigenvalue weighted by atomic mass is 9.90. The Kier molecular flexibility index (Phi) is 5.13. The van der Waals surface area contributed by atoms with Crippen LogP contribution in [0.2, 0.25) is 0 Å². The van der Waals surface area contributed by atoms with Crippen molar-refractivity contribution >= 4 is 11.6 Å². The fourth-order valence-corrected chi connectivity index (χ4v) is 2.54. The van der Waals surface area contributed by atoms with Crippen molar-refractivity contribution in [1.82, 2.24) is 0 Å². The summed E-state index contributed by atoms with van der Waals surface area (Å²) in [4.78, 5) is 24.6. The summed E-state index contributed by atoms with van der Waals surface area (Å²) >= 11 is 0. The maximum atomic E-state index is 12.7. The van der Waals surface area contributed by atoms with E-state index in [4.69, 9.17) is 4.74 Å². The molecule has 23 heavy (non-hydrogen) atoms. The lowest BCUT2D eigenvalue weighted by molar-refractivity contribution is 0.101. The van der Waals surface area contributed by atoms with Crippen LogP contribution in [-0.2, 0) is 11.2 Å². The molecule has 2 aromatic carbocycles. The van der Waals surface area contributed by atoms with Gasteiger partial charge < -0.3 is 14.9 Å². The molecule has 0 saturated heterocycles. The summed E-state index contributed by atoms with van der Waals surface area (Å²) in [6.07, 6.45) is 0.223. The first kappa shape index (κ1) is 16.7. The van der Waals surface area contributed by atoms with Gasteiger partial charge in [-0.05, 0) is 18.9 Å². The Hall–Kier alpha value is -2.66. The van der Waals surface area contributed by atoms with Crippen LogP contribution in [0.4, 0.5) is 0 Å². The van der Waals surface area contributed by atoms with Crippen molar-refractivity contribution in [3.63, 3.8) is 0 Å². The Morgan fingerprint density at radius 1 is 1.04 bits per heavy atom. The molecule has 0 amide bonds. The van der Waals surface area contributed by atoms with Gasteiger partial charge in [0.2, 0.25) is 0 Å². The van der Waals surface area contributed by atoms with E-state index in [9.17, 15) is 19.8 Å². The average molecular weight is 314 g/mol. The van der Waals surface area contributed by atoms with E-state index in [2.05, 4.69) is 0 Å². The molecule has 2 N–H and O–H groups in total. The molecule has 0 heterocycles. The summed E-state index contributed by atoms with van der Waals surface area (Å²) in [5.74, 6) is -1.48. The van der Waals surface area contributed by atoms with Crippen LogP contribution in [0.5, 0.6) is 11.5 Å². The molecule has 0 aliphatic carbocycles. The lowest BCUT2D eigenvalue weighted by Crippen LogP contribution is -2.13. The van der Waals surface area contributed by atoms with Gasteiger partial charge in [0.1, 0.15) is 11.5 Å². The number of ether oxygens (including phenoxy) is 1. The molecular formula is C18H18O5. The highest BCUT2D eigenvalue weighted by atomic mass is 16.5. The molecule has 0 unspecified atom stereocenters. The Labute approximate surface area is 134 Å². The summed E-state index contributed by atoms with van der Waals surface area (Å²) in [6.45, 7) is 1.55. The summed E-state index contributed by atoms with van der Waals surface area (Å²) in [7, 11) is 1.49. The van der Waals surface area contributed by atoms with E-state index < -0.39 is 5.78 Å². The first-order valence-corrected chi connectivity index (χ1v) is 7.14. The first-order chi connectivity index (χ1) is 11.0. The van der Waals surface area contributed by atoms with Gasteiger partial charge in [-0.15, -0.1) is 0 Å². The van der Waals surface area contributed by atoms with E-state index in [1.807, 2.05) is 0 Å². The normalized spacial score (nSPS) is 10.5. The molecule has 5 nitrogen and oxygen atoms in total. The van der Waals surface area contributed by atoms with Gasteiger partial charge in [-0.1, -0.05) is 30.3 Å². The number of carbonyl (C=O) groups excluding carboxylic acids is 2. The molecule has 5 heteroatoms. The average Bonchev–Trinajstić information content (AvgIpc) is 2.52. The molecule has 0 radical (unpaired) electrons. The Balaban J connectivity index is 2.68. The number of hydrogen-bond donors (Lipinski definition) is 2. The number of methoxy groups -OCH3 is 1. The van der Waals surface area contributed by atoms with E-state index in [1.54, 1.807) is 30.3 Å². The number of hydrogen-bond acceptors (Lipinski definition) is 5. The Morgan fingerprint density at radius 3 is 2.22 bits per heavy atom. The third-order valence-corrected chi connectivity index (χ3v) is 3.56. The van der Waals surface area contributed by atoms with Crippen LogP contribution >= 0.6 is 0 Å². The van der Waals surface area contributed by atoms with Gasteiger partial charge in [-0.25, -0.2) is 0 Å². The van der Waals surface area contributed by atoms with E-state index in [0.29, 0.717) is 11.1 Å². The third kappa shape index (κ3) is 3.40. The number of aromatic hydroxyl groups is 2. The van der Waals surface area contributed by atoms with Gasteiger partial charge in [0, 0.05) is 18.7 Å². The lowest BCUT2D eigenvalue weighted by Gasteiger charge is -2.16. The van der Waals surface area contributed by atoms with Crippen molar-refractivity contribution < 1.29 is 24.5 Å². The minimum absolute atomic E-state index is 0.0243. The maximum Gasteiger partial charge on any atom is 0.197 e. The van der Waals surface area contributed by atoms with Crippen molar-refractivity contribution in [2.75, 3.05) is 13.7 Å². The predicted molar refractivity (Wildman–Crippen MR) is 85.2 cm³/mol. The highest BCUT2D eigenvalue weighted by Gasteiger charge is 2.25. The topological polar surface area (TPSA) is 83.8 Å². The molecule has 0 aliphatic rings. The summed E-state index contributed by atoms with van der Waals surface area (Å²) in [5.41, 5.74) is 0.753. The van der Waals surface area contributed by atoms with E-state index in [1.165, 1.54) is 14.0 Å². The van der Waals surface area contributed by atoms with Gasteiger partial charge in [0.05, 0.1) is 17.7 Å². The summed E-state index contributed by atoms with van der Waals surface area (Å²) in [6, 6.07) is 9.49. The number of Topliss-reactive ketones (excluding diaryl/α,β-unsaturated/α-hetero) is 1. The van der Waals surface area contributed by atoms with Crippen molar-refractivity contribution in [3.05, 3.63) is 58.7 Å². The van der Waals surface area contributed by atoms with Crippen LogP contribution in [0.1, 0.15) is 38.8 Å². The van der Waals surface area contributed by atoms with Crippen LogP contribution in [0, 0.1) is 0 Å². The summed E-state index contributed by atoms with van der Waals surface area (Å²) in [5, 5.41) is 20.2. The molecular weight excluding hydrogens is 296 g/mol. The van der Waals surface area contributed by atoms with Crippen molar-refractivity contribution in [2.45, 2.75) is 13.3 Å². The molecule has 0 atom stereocenters. The van der Waals surface area contributed by atoms with Crippen molar-refractivity contribution in [3.8, 4) is 11.5 Å². The fourth-order valence-electron chi connectivity index (χ4n) is 2.54. The highest BCUT2D eigenvalue weighted by molar-refractivity contribution is 6.14. The van der Waals surface area contributed by atoms with Gasteiger partial charge in [0.25, 0.3) is 0 Å². The van der Waals surface area contributed by atoms with Gasteiger partial charge in [-0.2, -0.15) is 0 Å². The number of benzene rings is 2. The predicted octanol–water partition coefficient (Wildman–Crippen LogP) is 2.72. The third-order valence-electron chi connectivity index (χ3n) is 3.56. The molecule has 0 saturated carbocycles. The quantitative estimate of drug-likeness (QED) is 0.801. The van der Waals surface area contributed by atoms with Crippen LogP contribution < -0.4 is 0 Å². The van der Waals surface area contributed by atoms with Gasteiger partial charge in [-0.3, -0.25) is 9.59 Å². The number of carbonyl (C=O) groups is 2. The largest absolute Gasteiger partial charge is 0.507 e. The smallest absolute Gasteiger partial charge is 0.197 e. The number of rotatable bonds is 6. The SMILES string of the molecule is COCCc1c(C(C)=O)c(O)cc(O)c1C(=O)c1ccccc1. The minimum atomic E-state index is -0.406. The minimum Gasteiger partial charge on any atom is -0.507 e. The molecule has 2 aromatic rings. The van der Waals surface area contributed by atoms with Crippen LogP contribution in [0.25, 0.3) is 0 Å². The van der Waals surface area contributed by atoms with Crippen molar-refractivity contribution in [1.29, 1.82) is 0 Å². The van der Waals surface area contributed by atoms with Gasteiger partial charge in [0.15, 0.2) is 11.6 Å². The van der Waals surface area contributed by atoms with Crippen LogP contribution in [0.15, 0.2) is 36.4 Å². The number of phenols is 2. The second-order valence-electron chi connectivity index (χ2n) is 5.14. The highest BCUT2D eigenvalue weighted by Crippen LogP contribution is 2.34. The first-order valence-electron chi connectivity index (χ1n) is 7.14. The van der Waals surface area contributed by atoms with E-state index >= 15 is 0 Å². The monoisotopic (exact) mass is 314 g/mol. The maximum absolute atomic E-state index is 12.7. The summed E-state index contributed by atoms with van der Waals surface area (Å²) < 4.78 is 5.01. The molecule has 0 aliphatic heterocycles. The standard InChI is InChI=1S/C18H18O5/c1-11(19)16-13(8-9-23-2)17(15(21)10-14(16)20)18(22)12-6-4-3-5-7-12/h3-7,10,20-21H,8-9H2,1-2H3. The second kappa shape index (κ2) is 7.07. The Morgan fingerprint density at radius 2 is 1.65 bits per heavy atom. The zero-order valence-electron chi connectivity index (χ0n) is 13.0. The van der Waals surface area contributed by atoms with E-state index in [0.717, 1.165) is 6.07 Å². The van der Waals surface area contributed by atoms with E-state index in [-0.39, 0.29) is 41.4 Å². The number of phenolic OH excluding ortho intramolecular Hbond substituents is 2. The molecule has 0 fully saturated rings. The molecule has 0 bridgehead atoms. The zero-order chi connectivity index (χ0) is 17.0. The molecule has 0 aromatic heterocycles. The van der Waals surface area contributed by atoms with Crippen LogP contribution in [-0.4, -0.2) is 35.5 Å². The fraction of sp³-hybridized carbons (Fsp3) is 0.222. The second-order valence-corrected chi connectivity index (χ2v) is 5.14. The number of ketones is 2. The van der Waals surface area contributed by atoms with Gasteiger partial charge >= 0.3 is 0 Å². The molecule has 120 valence electrons. The van der Waals surface area contributed by atoms with Crippen LogP contribution in [0.3, 0.4) is 0 Å².